The Balaban J connectivity index is 1.49. The number of aromatic nitrogens is 6. The van der Waals surface area contributed by atoms with Crippen LogP contribution in [0.15, 0.2) is 53.2 Å². The number of nitrogens with zero attached hydrogens (tertiary/aromatic N) is 6. The molecule has 0 aliphatic heterocycles. The van der Waals surface area contributed by atoms with Crippen molar-refractivity contribution in [2.45, 2.75) is 26.1 Å². The molecule has 0 aliphatic carbocycles. The highest BCUT2D eigenvalue weighted by Crippen LogP contribution is 2.29. The van der Waals surface area contributed by atoms with Crippen LogP contribution < -0.4 is 4.74 Å². The maximum absolute atomic E-state index is 12.5. The Bertz CT molecular complexity index is 1400. The van der Waals surface area contributed by atoms with Gasteiger partial charge in [0.15, 0.2) is 17.1 Å². The summed E-state index contributed by atoms with van der Waals surface area (Å²) in [6.45, 7) is 0.383. The van der Waals surface area contributed by atoms with Crippen LogP contribution in [0.3, 0.4) is 0 Å². The summed E-state index contributed by atoms with van der Waals surface area (Å²) in [5.41, 5.74) is 2.05. The molecular weight excluding hydrogens is 434 g/mol. The van der Waals surface area contributed by atoms with Gasteiger partial charge < -0.3 is 14.0 Å². The fourth-order valence-corrected chi connectivity index (χ4v) is 3.43. The third-order valence-electron chi connectivity index (χ3n) is 4.94. The van der Waals surface area contributed by atoms with Crippen LogP contribution in [0.4, 0.5) is 8.78 Å². The van der Waals surface area contributed by atoms with Crippen molar-refractivity contribution in [2.75, 3.05) is 7.11 Å². The lowest BCUT2D eigenvalue weighted by atomic mass is 10.2. The molecule has 11 heteroatoms. The van der Waals surface area contributed by atoms with Crippen molar-refractivity contribution in [1.29, 1.82) is 0 Å². The van der Waals surface area contributed by atoms with Crippen molar-refractivity contribution in [3.63, 3.8) is 0 Å². The van der Waals surface area contributed by atoms with Crippen LogP contribution in [-0.4, -0.2) is 43.5 Å². The second kappa shape index (κ2) is 8.87. The summed E-state index contributed by atoms with van der Waals surface area (Å²) in [5.74, 6) is 1.28. The van der Waals surface area contributed by atoms with E-state index in [0.717, 1.165) is 10.8 Å². The average molecular weight is 452 g/mol. The predicted octanol–water partition coefficient (Wildman–Crippen LogP) is 3.86. The molecule has 0 spiro atoms. The highest BCUT2D eigenvalue weighted by atomic mass is 19.3. The van der Waals surface area contributed by atoms with Crippen LogP contribution >= 0.6 is 0 Å². The number of fused-ring (bicyclic) bond motifs is 3. The number of pyridine rings is 1. The number of hydrogen-bond acceptors (Lipinski definition) is 8. The molecule has 0 fully saturated rings. The van der Waals surface area contributed by atoms with E-state index in [4.69, 9.17) is 14.0 Å². The standard InChI is InChI=1S/C22H18F2N6O3/c1-31-12-15-9-18(29-33-15)21-27-26-20-16-4-2-3-5-17(16)22(28-30(20)21)32-11-14-7-6-13(10-25-14)8-19(23)24/h2-7,9-10,19H,8,11-12H2,1H3. The highest BCUT2D eigenvalue weighted by molar-refractivity contribution is 5.96. The van der Waals surface area contributed by atoms with Gasteiger partial charge in [-0.15, -0.1) is 15.3 Å². The molecule has 33 heavy (non-hydrogen) atoms. The van der Waals surface area contributed by atoms with Crippen LogP contribution in [0.25, 0.3) is 27.9 Å². The van der Waals surface area contributed by atoms with Gasteiger partial charge in [-0.1, -0.05) is 29.4 Å². The van der Waals surface area contributed by atoms with Gasteiger partial charge in [0, 0.05) is 36.6 Å². The first-order chi connectivity index (χ1) is 16.1. The molecule has 4 aromatic heterocycles. The van der Waals surface area contributed by atoms with Crippen molar-refractivity contribution in [3.8, 4) is 17.4 Å². The largest absolute Gasteiger partial charge is 0.470 e. The van der Waals surface area contributed by atoms with Gasteiger partial charge in [-0.25, -0.2) is 8.78 Å². The summed E-state index contributed by atoms with van der Waals surface area (Å²) < 4.78 is 42.9. The van der Waals surface area contributed by atoms with Gasteiger partial charge in [-0.3, -0.25) is 4.98 Å². The molecule has 0 radical (unpaired) electrons. The van der Waals surface area contributed by atoms with Crippen LogP contribution in [0.2, 0.25) is 0 Å². The van der Waals surface area contributed by atoms with Gasteiger partial charge in [0.25, 0.3) is 0 Å². The van der Waals surface area contributed by atoms with Gasteiger partial charge in [0.2, 0.25) is 18.1 Å². The van der Waals surface area contributed by atoms with Crippen molar-refractivity contribution in [1.82, 2.24) is 30.0 Å². The zero-order valence-corrected chi connectivity index (χ0v) is 17.5. The minimum absolute atomic E-state index is 0.108. The van der Waals surface area contributed by atoms with Gasteiger partial charge in [-0.05, 0) is 17.7 Å². The van der Waals surface area contributed by atoms with E-state index in [-0.39, 0.29) is 19.6 Å². The van der Waals surface area contributed by atoms with Crippen LogP contribution in [0.5, 0.6) is 5.88 Å². The molecule has 4 heterocycles. The number of methoxy groups -OCH3 is 1. The molecule has 0 saturated carbocycles. The lowest BCUT2D eigenvalue weighted by molar-refractivity contribution is 0.149. The van der Waals surface area contributed by atoms with E-state index >= 15 is 0 Å². The average Bonchev–Trinajstić information content (AvgIpc) is 3.45. The Morgan fingerprint density at radius 3 is 2.67 bits per heavy atom. The predicted molar refractivity (Wildman–Crippen MR) is 113 cm³/mol. The van der Waals surface area contributed by atoms with E-state index in [1.807, 2.05) is 24.3 Å². The smallest absolute Gasteiger partial charge is 0.242 e. The van der Waals surface area contributed by atoms with Gasteiger partial charge >= 0.3 is 0 Å². The SMILES string of the molecule is COCc1cc(-c2nnc3c4ccccc4c(OCc4ccc(CC(F)F)cn4)nn23)no1. The second-order valence-electron chi connectivity index (χ2n) is 7.26. The van der Waals surface area contributed by atoms with Crippen molar-refractivity contribution < 1.29 is 22.8 Å². The molecular formula is C22H18F2N6O3. The summed E-state index contributed by atoms with van der Waals surface area (Å²) in [7, 11) is 1.56. The first-order valence-corrected chi connectivity index (χ1v) is 10.1. The van der Waals surface area contributed by atoms with Crippen LogP contribution in [-0.2, 0) is 24.4 Å². The monoisotopic (exact) mass is 452 g/mol. The topological polar surface area (TPSA) is 100 Å². The summed E-state index contributed by atoms with van der Waals surface area (Å²) in [6, 6.07) is 12.5. The zero-order chi connectivity index (χ0) is 22.8. The number of alkyl halides is 2. The van der Waals surface area contributed by atoms with Crippen LogP contribution in [0, 0.1) is 0 Å². The Morgan fingerprint density at radius 2 is 1.91 bits per heavy atom. The Kier molecular flexibility index (Phi) is 5.61. The van der Waals surface area contributed by atoms with E-state index in [1.165, 1.54) is 6.20 Å². The number of halogens is 2. The molecule has 0 atom stereocenters. The quantitative estimate of drug-likeness (QED) is 0.350. The summed E-state index contributed by atoms with van der Waals surface area (Å²) in [6.07, 6.45) is -1.31. The summed E-state index contributed by atoms with van der Waals surface area (Å²) in [4.78, 5) is 4.21. The molecule has 0 saturated heterocycles. The Labute approximate surface area is 186 Å². The minimum Gasteiger partial charge on any atom is -0.470 e. The third-order valence-corrected chi connectivity index (χ3v) is 4.94. The highest BCUT2D eigenvalue weighted by Gasteiger charge is 2.19. The molecule has 0 unspecified atom stereocenters. The zero-order valence-electron chi connectivity index (χ0n) is 17.5. The first kappa shape index (κ1) is 20.9. The van der Waals surface area contributed by atoms with Crippen molar-refractivity contribution in [3.05, 3.63) is 65.7 Å². The molecule has 168 valence electrons. The van der Waals surface area contributed by atoms with Crippen molar-refractivity contribution >= 4 is 16.4 Å². The number of hydrogen-bond donors (Lipinski definition) is 0. The summed E-state index contributed by atoms with van der Waals surface area (Å²) >= 11 is 0. The van der Waals surface area contributed by atoms with E-state index < -0.39 is 6.43 Å². The molecule has 5 rings (SSSR count). The lowest BCUT2D eigenvalue weighted by Gasteiger charge is -2.10. The maximum Gasteiger partial charge on any atom is 0.242 e. The van der Waals surface area contributed by atoms with Crippen molar-refractivity contribution in [2.24, 2.45) is 0 Å². The summed E-state index contributed by atoms with van der Waals surface area (Å²) in [5, 5.41) is 18.7. The minimum atomic E-state index is -2.41. The van der Waals surface area contributed by atoms with Gasteiger partial charge in [-0.2, -0.15) is 4.52 Å². The first-order valence-electron chi connectivity index (χ1n) is 10.1. The fraction of sp³-hybridized carbons (Fsp3) is 0.227. The normalized spacial score (nSPS) is 11.6. The molecule has 0 aliphatic rings. The third kappa shape index (κ3) is 4.22. The van der Waals surface area contributed by atoms with Gasteiger partial charge in [0.05, 0.1) is 5.69 Å². The van der Waals surface area contributed by atoms with Gasteiger partial charge in [0.1, 0.15) is 13.2 Å². The van der Waals surface area contributed by atoms with Crippen LogP contribution in [0.1, 0.15) is 17.0 Å². The number of rotatable bonds is 8. The number of benzene rings is 1. The lowest BCUT2D eigenvalue weighted by Crippen LogP contribution is -2.05. The molecule has 1 aromatic carbocycles. The Hall–Kier alpha value is -3.99. The molecule has 0 amide bonds. The molecule has 0 N–H and O–H groups in total. The number of ether oxygens (including phenoxy) is 2. The molecule has 0 bridgehead atoms. The maximum atomic E-state index is 12.5. The van der Waals surface area contributed by atoms with E-state index in [9.17, 15) is 8.78 Å². The fourth-order valence-electron chi connectivity index (χ4n) is 3.43. The second-order valence-corrected chi connectivity index (χ2v) is 7.26. The van der Waals surface area contributed by atoms with E-state index in [0.29, 0.717) is 40.1 Å². The van der Waals surface area contributed by atoms with E-state index in [1.54, 1.807) is 29.8 Å². The molecule has 5 aromatic rings. The molecule has 9 nitrogen and oxygen atoms in total. The van der Waals surface area contributed by atoms with E-state index in [2.05, 4.69) is 25.4 Å². The Morgan fingerprint density at radius 1 is 1.06 bits per heavy atom.